The van der Waals surface area contributed by atoms with Gasteiger partial charge in [-0.05, 0) is 36.4 Å². The van der Waals surface area contributed by atoms with E-state index < -0.39 is 0 Å². The topological polar surface area (TPSA) is 63.7 Å². The summed E-state index contributed by atoms with van der Waals surface area (Å²) in [5.41, 5.74) is 4.95. The van der Waals surface area contributed by atoms with Gasteiger partial charge >= 0.3 is 0 Å². The normalized spacial score (nSPS) is 11.4. The Morgan fingerprint density at radius 1 is 0.970 bits per heavy atom. The van der Waals surface area contributed by atoms with Crippen LogP contribution in [0.15, 0.2) is 77.9 Å². The molecule has 6 aromatic rings. The van der Waals surface area contributed by atoms with Crippen LogP contribution >= 0.6 is 22.7 Å². The molecular formula is C24H16FN5OS2. The van der Waals surface area contributed by atoms with Gasteiger partial charge in [-0.25, -0.2) is 14.4 Å². The molecule has 162 valence electrons. The third-order valence-corrected chi connectivity index (χ3v) is 6.96. The van der Waals surface area contributed by atoms with Crippen LogP contribution in [0.2, 0.25) is 0 Å². The van der Waals surface area contributed by atoms with Gasteiger partial charge in [-0.1, -0.05) is 12.1 Å². The Morgan fingerprint density at radius 2 is 1.79 bits per heavy atom. The summed E-state index contributed by atoms with van der Waals surface area (Å²) in [5, 5.41) is 6.91. The van der Waals surface area contributed by atoms with Crippen LogP contribution in [-0.2, 0) is 11.2 Å². The van der Waals surface area contributed by atoms with Gasteiger partial charge in [0, 0.05) is 51.9 Å². The number of nitrogens with zero attached hydrogens (tertiary/aromatic N) is 4. The Balaban J connectivity index is 1.20. The van der Waals surface area contributed by atoms with Crippen molar-refractivity contribution in [3.63, 3.8) is 0 Å². The number of anilines is 1. The first kappa shape index (κ1) is 19.8. The van der Waals surface area contributed by atoms with Crippen LogP contribution in [0.1, 0.15) is 5.69 Å². The van der Waals surface area contributed by atoms with Crippen LogP contribution in [0.25, 0.3) is 32.4 Å². The maximum absolute atomic E-state index is 13.2. The second-order valence-corrected chi connectivity index (χ2v) is 9.25. The minimum absolute atomic E-state index is 0.116. The molecule has 4 aromatic heterocycles. The zero-order valence-corrected chi connectivity index (χ0v) is 18.7. The largest absolute Gasteiger partial charge is 0.326 e. The lowest BCUT2D eigenvalue weighted by Crippen LogP contribution is -2.15. The van der Waals surface area contributed by atoms with Crippen LogP contribution in [-0.4, -0.2) is 24.7 Å². The van der Waals surface area contributed by atoms with E-state index in [9.17, 15) is 9.18 Å². The van der Waals surface area contributed by atoms with Crippen molar-refractivity contribution in [2.75, 3.05) is 5.32 Å². The summed E-state index contributed by atoms with van der Waals surface area (Å²) in [6, 6.07) is 13.9. The number of aromatic nitrogens is 4. The first-order chi connectivity index (χ1) is 16.1. The average Bonchev–Trinajstić information content (AvgIpc) is 3.56. The lowest BCUT2D eigenvalue weighted by molar-refractivity contribution is -0.115. The SMILES string of the molecule is O=C(Cc1csc2nc(-c3ccc(F)cc3)cn12)Nc1cccc(-c2cn3ccsc3n2)c1. The summed E-state index contributed by atoms with van der Waals surface area (Å²) in [7, 11) is 0. The number of nitrogens with one attached hydrogen (secondary N) is 1. The van der Waals surface area contributed by atoms with Crippen LogP contribution < -0.4 is 5.32 Å². The molecule has 9 heteroatoms. The van der Waals surface area contributed by atoms with Gasteiger partial charge in [-0.2, -0.15) is 0 Å². The average molecular weight is 474 g/mol. The summed E-state index contributed by atoms with van der Waals surface area (Å²) in [4.78, 5) is 23.7. The molecule has 0 aliphatic carbocycles. The van der Waals surface area contributed by atoms with E-state index in [0.717, 1.165) is 43.8 Å². The van der Waals surface area contributed by atoms with Gasteiger partial charge in [0.1, 0.15) is 5.82 Å². The Labute approximate surface area is 195 Å². The van der Waals surface area contributed by atoms with Gasteiger partial charge in [0.15, 0.2) is 9.92 Å². The van der Waals surface area contributed by atoms with E-state index in [-0.39, 0.29) is 18.1 Å². The van der Waals surface area contributed by atoms with E-state index in [1.54, 1.807) is 23.5 Å². The van der Waals surface area contributed by atoms with E-state index in [1.165, 1.54) is 23.5 Å². The maximum Gasteiger partial charge on any atom is 0.230 e. The molecule has 0 fully saturated rings. The molecule has 0 saturated carbocycles. The molecule has 0 saturated heterocycles. The molecule has 4 heterocycles. The first-order valence-electron chi connectivity index (χ1n) is 10.2. The molecule has 1 N–H and O–H groups in total. The van der Waals surface area contributed by atoms with Gasteiger partial charge < -0.3 is 5.32 Å². The highest BCUT2D eigenvalue weighted by atomic mass is 32.1. The maximum atomic E-state index is 13.2. The molecular weight excluding hydrogens is 457 g/mol. The lowest BCUT2D eigenvalue weighted by atomic mass is 10.1. The Hall–Kier alpha value is -3.82. The minimum Gasteiger partial charge on any atom is -0.326 e. The fraction of sp³-hybridized carbons (Fsp3) is 0.0417. The third kappa shape index (κ3) is 3.81. The highest BCUT2D eigenvalue weighted by Crippen LogP contribution is 2.26. The molecule has 6 nitrogen and oxygen atoms in total. The number of imidazole rings is 2. The minimum atomic E-state index is -0.283. The predicted molar refractivity (Wildman–Crippen MR) is 129 cm³/mol. The molecule has 0 atom stereocenters. The first-order valence-corrected chi connectivity index (χ1v) is 11.9. The van der Waals surface area contributed by atoms with E-state index in [0.29, 0.717) is 0 Å². The summed E-state index contributed by atoms with van der Waals surface area (Å²) in [6.07, 6.45) is 6.05. The number of hydrogen-bond donors (Lipinski definition) is 1. The number of rotatable bonds is 5. The number of carbonyl (C=O) groups excluding carboxylic acids is 1. The molecule has 0 spiro atoms. The lowest BCUT2D eigenvalue weighted by Gasteiger charge is -2.06. The second kappa shape index (κ2) is 7.95. The van der Waals surface area contributed by atoms with Gasteiger partial charge in [-0.3, -0.25) is 13.6 Å². The number of benzene rings is 2. The summed E-state index contributed by atoms with van der Waals surface area (Å²) >= 11 is 3.05. The second-order valence-electron chi connectivity index (χ2n) is 7.54. The highest BCUT2D eigenvalue weighted by Gasteiger charge is 2.14. The van der Waals surface area contributed by atoms with Crippen molar-refractivity contribution in [3.05, 3.63) is 89.4 Å². The zero-order valence-electron chi connectivity index (χ0n) is 17.1. The van der Waals surface area contributed by atoms with E-state index in [1.807, 2.05) is 62.4 Å². The van der Waals surface area contributed by atoms with Crippen LogP contribution in [0.5, 0.6) is 0 Å². The van der Waals surface area contributed by atoms with Crippen molar-refractivity contribution >= 4 is 44.2 Å². The van der Waals surface area contributed by atoms with Gasteiger partial charge in [0.2, 0.25) is 5.91 Å². The van der Waals surface area contributed by atoms with Crippen molar-refractivity contribution in [1.29, 1.82) is 0 Å². The number of thiazole rings is 2. The molecule has 0 aliphatic heterocycles. The Bertz CT molecular complexity index is 1580. The number of halogens is 1. The predicted octanol–water partition coefficient (Wildman–Crippen LogP) is 5.76. The molecule has 1 amide bonds. The van der Waals surface area contributed by atoms with E-state index in [4.69, 9.17) is 0 Å². The van der Waals surface area contributed by atoms with Gasteiger partial charge in [0.05, 0.1) is 17.8 Å². The molecule has 0 bridgehead atoms. The van der Waals surface area contributed by atoms with Gasteiger partial charge in [0.25, 0.3) is 0 Å². The van der Waals surface area contributed by atoms with E-state index in [2.05, 4.69) is 15.3 Å². The van der Waals surface area contributed by atoms with Crippen molar-refractivity contribution in [1.82, 2.24) is 18.8 Å². The van der Waals surface area contributed by atoms with Crippen LogP contribution in [0.4, 0.5) is 10.1 Å². The number of fused-ring (bicyclic) bond motifs is 2. The number of hydrogen-bond acceptors (Lipinski definition) is 5. The zero-order chi connectivity index (χ0) is 22.4. The molecule has 2 aromatic carbocycles. The fourth-order valence-corrected chi connectivity index (χ4v) is 5.28. The van der Waals surface area contributed by atoms with Crippen molar-refractivity contribution in [3.8, 4) is 22.5 Å². The number of carbonyl (C=O) groups is 1. The molecule has 0 aliphatic rings. The van der Waals surface area contributed by atoms with Crippen LogP contribution in [0.3, 0.4) is 0 Å². The summed E-state index contributed by atoms with van der Waals surface area (Å²) < 4.78 is 17.1. The number of amides is 1. The van der Waals surface area contributed by atoms with E-state index >= 15 is 0 Å². The van der Waals surface area contributed by atoms with Crippen LogP contribution in [0, 0.1) is 5.82 Å². The summed E-state index contributed by atoms with van der Waals surface area (Å²) in [6.45, 7) is 0. The van der Waals surface area contributed by atoms with Crippen molar-refractivity contribution in [2.24, 2.45) is 0 Å². The Kier molecular flexibility index (Phi) is 4.78. The molecule has 0 unspecified atom stereocenters. The quantitative estimate of drug-likeness (QED) is 0.346. The molecule has 33 heavy (non-hydrogen) atoms. The molecule has 6 rings (SSSR count). The van der Waals surface area contributed by atoms with Gasteiger partial charge in [-0.15, -0.1) is 22.7 Å². The molecule has 0 radical (unpaired) electrons. The standard InChI is InChI=1S/C24H16FN5OS2/c25-17-6-4-15(5-7-17)21-13-30-19(14-33-24(30)28-21)11-22(31)26-18-3-1-2-16(10-18)20-12-29-8-9-32-23(29)27-20/h1-10,12-14H,11H2,(H,26,31). The van der Waals surface area contributed by atoms with Crippen molar-refractivity contribution < 1.29 is 9.18 Å². The summed E-state index contributed by atoms with van der Waals surface area (Å²) in [5.74, 6) is -0.399. The smallest absolute Gasteiger partial charge is 0.230 e. The van der Waals surface area contributed by atoms with Crippen molar-refractivity contribution in [2.45, 2.75) is 6.42 Å². The fourth-order valence-electron chi connectivity index (χ4n) is 3.71. The monoisotopic (exact) mass is 473 g/mol. The third-order valence-electron chi connectivity index (χ3n) is 5.30. The Morgan fingerprint density at radius 3 is 2.64 bits per heavy atom. The highest BCUT2D eigenvalue weighted by molar-refractivity contribution is 7.15.